The summed E-state index contributed by atoms with van der Waals surface area (Å²) in [5.41, 5.74) is 0.541. The van der Waals surface area contributed by atoms with Gasteiger partial charge in [-0.2, -0.15) is 0 Å². The third-order valence-corrected chi connectivity index (χ3v) is 3.15. The second-order valence-corrected chi connectivity index (χ2v) is 4.70. The van der Waals surface area contributed by atoms with Gasteiger partial charge in [-0.15, -0.1) is 0 Å². The molecular weight excluding hydrogens is 258 g/mol. The first-order chi connectivity index (χ1) is 9.69. The van der Waals surface area contributed by atoms with E-state index in [0.29, 0.717) is 24.3 Å². The molecular formula is C15H19NO4. The van der Waals surface area contributed by atoms with E-state index in [2.05, 4.69) is 5.32 Å². The molecule has 1 amide bonds. The zero-order valence-electron chi connectivity index (χ0n) is 11.6. The number of carbonyl (C=O) groups excluding carboxylic acids is 2. The van der Waals surface area contributed by atoms with Gasteiger partial charge in [0.25, 0.3) is 5.91 Å². The Hall–Kier alpha value is -1.88. The van der Waals surface area contributed by atoms with Gasteiger partial charge in [0.1, 0.15) is 5.75 Å². The maximum Gasteiger partial charge on any atom is 0.310 e. The SMILES string of the molecule is CCC(=O)Oc1ccc(C(=O)NC[C@@H]2CCCO2)cc1. The number of ether oxygens (including phenoxy) is 2. The Balaban J connectivity index is 1.85. The molecule has 0 aliphatic carbocycles. The summed E-state index contributed by atoms with van der Waals surface area (Å²) in [6.07, 6.45) is 2.50. The molecule has 1 fully saturated rings. The molecule has 1 aromatic rings. The standard InChI is InChI=1S/C15H19NO4/c1-2-14(17)20-12-7-5-11(6-8-12)15(18)16-10-13-4-3-9-19-13/h5-8,13H,2-4,9-10H2,1H3,(H,16,18)/t13-/m0/s1. The summed E-state index contributed by atoms with van der Waals surface area (Å²) in [5.74, 6) is 0.0157. The zero-order valence-corrected chi connectivity index (χ0v) is 11.6. The molecule has 1 aromatic carbocycles. The molecule has 1 heterocycles. The minimum atomic E-state index is -0.291. The number of hydrogen-bond donors (Lipinski definition) is 1. The van der Waals surface area contributed by atoms with Gasteiger partial charge in [-0.25, -0.2) is 0 Å². The first kappa shape index (κ1) is 14.5. The van der Waals surface area contributed by atoms with Crippen molar-refractivity contribution in [2.75, 3.05) is 13.2 Å². The van der Waals surface area contributed by atoms with Crippen LogP contribution in [0.2, 0.25) is 0 Å². The highest BCUT2D eigenvalue weighted by Crippen LogP contribution is 2.14. The van der Waals surface area contributed by atoms with Crippen molar-refractivity contribution in [1.29, 1.82) is 0 Å². The zero-order chi connectivity index (χ0) is 14.4. The molecule has 1 atom stereocenters. The van der Waals surface area contributed by atoms with E-state index in [1.807, 2.05) is 0 Å². The number of rotatable bonds is 5. The monoisotopic (exact) mass is 277 g/mol. The Kier molecular flexibility index (Phi) is 5.12. The Labute approximate surface area is 118 Å². The quantitative estimate of drug-likeness (QED) is 0.659. The maximum atomic E-state index is 11.9. The van der Waals surface area contributed by atoms with Crippen LogP contribution >= 0.6 is 0 Å². The Morgan fingerprint density at radius 2 is 2.10 bits per heavy atom. The third kappa shape index (κ3) is 4.06. The summed E-state index contributed by atoms with van der Waals surface area (Å²) in [7, 11) is 0. The van der Waals surface area contributed by atoms with E-state index in [4.69, 9.17) is 9.47 Å². The number of hydrogen-bond acceptors (Lipinski definition) is 4. The summed E-state index contributed by atoms with van der Waals surface area (Å²) >= 11 is 0. The number of esters is 1. The number of nitrogens with one attached hydrogen (secondary N) is 1. The maximum absolute atomic E-state index is 11.9. The van der Waals surface area contributed by atoms with Crippen LogP contribution in [-0.2, 0) is 9.53 Å². The molecule has 2 rings (SSSR count). The Bertz CT molecular complexity index is 463. The van der Waals surface area contributed by atoms with Crippen LogP contribution in [0.3, 0.4) is 0 Å². The van der Waals surface area contributed by atoms with E-state index < -0.39 is 0 Å². The van der Waals surface area contributed by atoms with Crippen LogP contribution in [0.4, 0.5) is 0 Å². The van der Waals surface area contributed by atoms with E-state index in [9.17, 15) is 9.59 Å². The predicted octanol–water partition coefficient (Wildman–Crippen LogP) is 1.91. The van der Waals surface area contributed by atoms with Gasteiger partial charge < -0.3 is 14.8 Å². The van der Waals surface area contributed by atoms with Crippen LogP contribution in [0.15, 0.2) is 24.3 Å². The van der Waals surface area contributed by atoms with Crippen LogP contribution in [0, 0.1) is 0 Å². The topological polar surface area (TPSA) is 64.6 Å². The molecule has 0 spiro atoms. The Morgan fingerprint density at radius 1 is 1.35 bits per heavy atom. The van der Waals surface area contributed by atoms with Crippen LogP contribution in [0.5, 0.6) is 5.75 Å². The fourth-order valence-electron chi connectivity index (χ4n) is 1.99. The Morgan fingerprint density at radius 3 is 2.70 bits per heavy atom. The molecule has 0 radical (unpaired) electrons. The number of amides is 1. The van der Waals surface area contributed by atoms with Gasteiger partial charge in [-0.05, 0) is 37.1 Å². The van der Waals surface area contributed by atoms with E-state index in [1.165, 1.54) is 0 Å². The third-order valence-electron chi connectivity index (χ3n) is 3.15. The average molecular weight is 277 g/mol. The lowest BCUT2D eigenvalue weighted by molar-refractivity contribution is -0.134. The van der Waals surface area contributed by atoms with Gasteiger partial charge in [0.05, 0.1) is 6.10 Å². The van der Waals surface area contributed by atoms with E-state index in [1.54, 1.807) is 31.2 Å². The second-order valence-electron chi connectivity index (χ2n) is 4.70. The largest absolute Gasteiger partial charge is 0.427 e. The van der Waals surface area contributed by atoms with Crippen molar-refractivity contribution in [1.82, 2.24) is 5.32 Å². The average Bonchev–Trinajstić information content (AvgIpc) is 2.98. The minimum absolute atomic E-state index is 0.128. The van der Waals surface area contributed by atoms with Gasteiger partial charge in [-0.1, -0.05) is 6.92 Å². The first-order valence-electron chi connectivity index (χ1n) is 6.89. The van der Waals surface area contributed by atoms with Crippen molar-refractivity contribution in [3.8, 4) is 5.75 Å². The van der Waals surface area contributed by atoms with Crippen molar-refractivity contribution in [2.45, 2.75) is 32.3 Å². The predicted molar refractivity (Wildman–Crippen MR) is 73.7 cm³/mol. The lowest BCUT2D eigenvalue weighted by atomic mass is 10.2. The molecule has 0 aromatic heterocycles. The highest BCUT2D eigenvalue weighted by molar-refractivity contribution is 5.94. The summed E-state index contributed by atoms with van der Waals surface area (Å²) in [6.45, 7) is 3.04. The highest BCUT2D eigenvalue weighted by atomic mass is 16.5. The second kappa shape index (κ2) is 7.05. The molecule has 0 saturated carbocycles. The van der Waals surface area contributed by atoms with Crippen LogP contribution in [0.25, 0.3) is 0 Å². The van der Waals surface area contributed by atoms with E-state index in [-0.39, 0.29) is 18.0 Å². The molecule has 0 unspecified atom stereocenters. The first-order valence-corrected chi connectivity index (χ1v) is 6.89. The molecule has 5 nitrogen and oxygen atoms in total. The number of benzene rings is 1. The summed E-state index contributed by atoms with van der Waals surface area (Å²) in [4.78, 5) is 23.1. The molecule has 1 saturated heterocycles. The summed E-state index contributed by atoms with van der Waals surface area (Å²) in [6, 6.07) is 6.52. The van der Waals surface area contributed by atoms with Gasteiger partial charge in [0.2, 0.25) is 0 Å². The van der Waals surface area contributed by atoms with E-state index in [0.717, 1.165) is 19.4 Å². The fraction of sp³-hybridized carbons (Fsp3) is 0.467. The molecule has 1 N–H and O–H groups in total. The van der Waals surface area contributed by atoms with Gasteiger partial charge >= 0.3 is 5.97 Å². The smallest absolute Gasteiger partial charge is 0.310 e. The molecule has 20 heavy (non-hydrogen) atoms. The minimum Gasteiger partial charge on any atom is -0.427 e. The van der Waals surface area contributed by atoms with Crippen molar-refractivity contribution in [3.63, 3.8) is 0 Å². The van der Waals surface area contributed by atoms with Gasteiger partial charge in [0.15, 0.2) is 0 Å². The van der Waals surface area contributed by atoms with Crippen molar-refractivity contribution >= 4 is 11.9 Å². The molecule has 0 bridgehead atoms. The summed E-state index contributed by atoms with van der Waals surface area (Å²) < 4.78 is 10.5. The summed E-state index contributed by atoms with van der Waals surface area (Å²) in [5, 5.41) is 2.84. The van der Waals surface area contributed by atoms with Crippen LogP contribution in [0.1, 0.15) is 36.5 Å². The lowest BCUT2D eigenvalue weighted by Gasteiger charge is -2.11. The van der Waals surface area contributed by atoms with Crippen molar-refractivity contribution in [3.05, 3.63) is 29.8 Å². The van der Waals surface area contributed by atoms with Crippen molar-refractivity contribution in [2.24, 2.45) is 0 Å². The van der Waals surface area contributed by atoms with E-state index >= 15 is 0 Å². The van der Waals surface area contributed by atoms with Crippen molar-refractivity contribution < 1.29 is 19.1 Å². The normalized spacial score (nSPS) is 17.8. The molecule has 1 aliphatic rings. The van der Waals surface area contributed by atoms with Crippen LogP contribution in [-0.4, -0.2) is 31.1 Å². The van der Waals surface area contributed by atoms with Gasteiger partial charge in [0, 0.05) is 25.1 Å². The molecule has 5 heteroatoms. The lowest BCUT2D eigenvalue weighted by Crippen LogP contribution is -2.31. The molecule has 108 valence electrons. The highest BCUT2D eigenvalue weighted by Gasteiger charge is 2.16. The molecule has 1 aliphatic heterocycles. The van der Waals surface area contributed by atoms with Gasteiger partial charge in [-0.3, -0.25) is 9.59 Å². The fourth-order valence-corrected chi connectivity index (χ4v) is 1.99. The number of carbonyl (C=O) groups is 2. The van der Waals surface area contributed by atoms with Crippen LogP contribution < -0.4 is 10.1 Å².